The summed E-state index contributed by atoms with van der Waals surface area (Å²) < 4.78 is 12.0. The van der Waals surface area contributed by atoms with Crippen molar-refractivity contribution in [1.29, 1.82) is 0 Å². The van der Waals surface area contributed by atoms with Gasteiger partial charge in [0.15, 0.2) is 0 Å². The van der Waals surface area contributed by atoms with E-state index in [-0.39, 0.29) is 5.97 Å². The Morgan fingerprint density at radius 2 is 2.05 bits per heavy atom. The number of hydrogen-bond donors (Lipinski definition) is 0. The van der Waals surface area contributed by atoms with Gasteiger partial charge in [0.1, 0.15) is 5.56 Å². The number of aromatic nitrogens is 2. The maximum Gasteiger partial charge on any atom is 0.341 e. The summed E-state index contributed by atoms with van der Waals surface area (Å²) in [6.07, 6.45) is 5.55. The van der Waals surface area contributed by atoms with Crippen LogP contribution in [0.2, 0.25) is 0 Å². The van der Waals surface area contributed by atoms with E-state index in [0.29, 0.717) is 5.56 Å². The first kappa shape index (κ1) is 13.9. The van der Waals surface area contributed by atoms with Gasteiger partial charge in [-0.1, -0.05) is 0 Å². The second-order valence-electron chi connectivity index (χ2n) is 5.07. The number of esters is 1. The van der Waals surface area contributed by atoms with Crippen LogP contribution in [0, 0.1) is 0 Å². The molecule has 0 bridgehead atoms. The number of carbonyl (C=O) groups is 1. The Hall–Kier alpha value is -2.08. The number of hydrogen-bond acceptors (Lipinski definition) is 5. The SMILES string of the molecule is COC(=O)c1cnn2cc(N3CCCOCCC3)ccc12. The van der Waals surface area contributed by atoms with Crippen molar-refractivity contribution in [1.82, 2.24) is 9.61 Å². The van der Waals surface area contributed by atoms with E-state index >= 15 is 0 Å². The molecule has 6 heteroatoms. The molecule has 0 atom stereocenters. The molecule has 0 aliphatic carbocycles. The van der Waals surface area contributed by atoms with Crippen LogP contribution in [-0.2, 0) is 9.47 Å². The zero-order valence-corrected chi connectivity index (χ0v) is 12.1. The molecule has 6 nitrogen and oxygen atoms in total. The molecule has 0 aromatic carbocycles. The highest BCUT2D eigenvalue weighted by Crippen LogP contribution is 2.20. The number of methoxy groups -OCH3 is 1. The number of fused-ring (bicyclic) bond motifs is 1. The maximum atomic E-state index is 11.7. The first-order valence-corrected chi connectivity index (χ1v) is 7.18. The van der Waals surface area contributed by atoms with Crippen LogP contribution in [0.5, 0.6) is 0 Å². The summed E-state index contributed by atoms with van der Waals surface area (Å²) >= 11 is 0. The first-order valence-electron chi connectivity index (χ1n) is 7.18. The fraction of sp³-hybridized carbons (Fsp3) is 0.467. The van der Waals surface area contributed by atoms with Crippen LogP contribution in [0.4, 0.5) is 5.69 Å². The highest BCUT2D eigenvalue weighted by Gasteiger charge is 2.15. The molecule has 0 amide bonds. The zero-order valence-electron chi connectivity index (χ0n) is 12.1. The monoisotopic (exact) mass is 289 g/mol. The molecule has 1 aliphatic rings. The minimum atomic E-state index is -0.360. The number of carbonyl (C=O) groups excluding carboxylic acids is 1. The average molecular weight is 289 g/mol. The van der Waals surface area contributed by atoms with Gasteiger partial charge in [-0.15, -0.1) is 0 Å². The van der Waals surface area contributed by atoms with E-state index < -0.39 is 0 Å². The molecule has 112 valence electrons. The minimum Gasteiger partial charge on any atom is -0.465 e. The summed E-state index contributed by atoms with van der Waals surface area (Å²) in [6, 6.07) is 3.95. The number of ether oxygens (including phenoxy) is 2. The van der Waals surface area contributed by atoms with Gasteiger partial charge >= 0.3 is 5.97 Å². The van der Waals surface area contributed by atoms with Crippen molar-refractivity contribution in [3.8, 4) is 0 Å². The molecule has 3 heterocycles. The Morgan fingerprint density at radius 1 is 1.29 bits per heavy atom. The second-order valence-corrected chi connectivity index (χ2v) is 5.07. The lowest BCUT2D eigenvalue weighted by Crippen LogP contribution is -2.29. The standard InChI is InChI=1S/C15H19N3O3/c1-20-15(19)13-10-16-18-11-12(4-5-14(13)18)17-6-2-8-21-9-3-7-17/h4-5,10-11H,2-3,6-9H2,1H3. The highest BCUT2D eigenvalue weighted by molar-refractivity contribution is 5.96. The second kappa shape index (κ2) is 6.13. The van der Waals surface area contributed by atoms with Crippen molar-refractivity contribution in [2.45, 2.75) is 12.8 Å². The van der Waals surface area contributed by atoms with E-state index in [2.05, 4.69) is 10.00 Å². The van der Waals surface area contributed by atoms with Gasteiger partial charge in [0.05, 0.1) is 30.7 Å². The van der Waals surface area contributed by atoms with Crippen LogP contribution in [0.15, 0.2) is 24.5 Å². The molecule has 1 saturated heterocycles. The molecule has 21 heavy (non-hydrogen) atoms. The molecule has 0 N–H and O–H groups in total. The van der Waals surface area contributed by atoms with Gasteiger partial charge in [0.25, 0.3) is 0 Å². The van der Waals surface area contributed by atoms with Gasteiger partial charge in [-0.2, -0.15) is 5.10 Å². The third kappa shape index (κ3) is 2.85. The average Bonchev–Trinajstić information content (AvgIpc) is 2.89. The van der Waals surface area contributed by atoms with Crippen LogP contribution in [0.1, 0.15) is 23.2 Å². The highest BCUT2D eigenvalue weighted by atomic mass is 16.5. The van der Waals surface area contributed by atoms with Gasteiger partial charge in [0, 0.05) is 26.3 Å². The third-order valence-corrected chi connectivity index (χ3v) is 3.70. The Labute approximate surface area is 123 Å². The normalized spacial score (nSPS) is 16.5. The van der Waals surface area contributed by atoms with Crippen molar-refractivity contribution in [3.05, 3.63) is 30.1 Å². The van der Waals surface area contributed by atoms with Crippen LogP contribution in [-0.4, -0.2) is 49.0 Å². The fourth-order valence-electron chi connectivity index (χ4n) is 2.61. The van der Waals surface area contributed by atoms with Crippen molar-refractivity contribution in [2.24, 2.45) is 0 Å². The van der Waals surface area contributed by atoms with Gasteiger partial charge in [-0.25, -0.2) is 9.31 Å². The summed E-state index contributed by atoms with van der Waals surface area (Å²) in [5, 5.41) is 4.25. The minimum absolute atomic E-state index is 0.360. The van der Waals surface area contributed by atoms with Crippen molar-refractivity contribution in [3.63, 3.8) is 0 Å². The lowest BCUT2D eigenvalue weighted by molar-refractivity contribution is 0.0603. The summed E-state index contributed by atoms with van der Waals surface area (Å²) in [5.41, 5.74) is 2.37. The van der Waals surface area contributed by atoms with Crippen LogP contribution < -0.4 is 4.90 Å². The van der Waals surface area contributed by atoms with E-state index in [4.69, 9.17) is 9.47 Å². The molecule has 2 aromatic heterocycles. The number of rotatable bonds is 2. The molecule has 0 spiro atoms. The Morgan fingerprint density at radius 3 is 2.76 bits per heavy atom. The Balaban J connectivity index is 1.88. The first-order chi connectivity index (χ1) is 10.3. The van der Waals surface area contributed by atoms with Crippen molar-refractivity contribution < 1.29 is 14.3 Å². The van der Waals surface area contributed by atoms with E-state index in [1.165, 1.54) is 7.11 Å². The predicted molar refractivity (Wildman–Crippen MR) is 78.8 cm³/mol. The Kier molecular flexibility index (Phi) is 4.06. The van der Waals surface area contributed by atoms with Crippen LogP contribution in [0.3, 0.4) is 0 Å². The quantitative estimate of drug-likeness (QED) is 0.788. The maximum absolute atomic E-state index is 11.7. The van der Waals surface area contributed by atoms with Crippen molar-refractivity contribution >= 4 is 17.2 Å². The molecule has 0 unspecified atom stereocenters. The zero-order chi connectivity index (χ0) is 14.7. The molecule has 1 aliphatic heterocycles. The van der Waals surface area contributed by atoms with Crippen LogP contribution >= 0.6 is 0 Å². The third-order valence-electron chi connectivity index (χ3n) is 3.70. The topological polar surface area (TPSA) is 56.1 Å². The molecule has 1 fully saturated rings. The van der Waals surface area contributed by atoms with E-state index in [0.717, 1.165) is 50.3 Å². The smallest absolute Gasteiger partial charge is 0.341 e. The fourth-order valence-corrected chi connectivity index (χ4v) is 2.61. The molecule has 0 radical (unpaired) electrons. The van der Waals surface area contributed by atoms with Crippen molar-refractivity contribution in [2.75, 3.05) is 38.3 Å². The number of nitrogens with zero attached hydrogens (tertiary/aromatic N) is 3. The molecule has 0 saturated carbocycles. The molecular formula is C15H19N3O3. The summed E-state index contributed by atoms with van der Waals surface area (Å²) in [4.78, 5) is 14.0. The number of anilines is 1. The van der Waals surface area contributed by atoms with Gasteiger partial charge in [0.2, 0.25) is 0 Å². The van der Waals surface area contributed by atoms with Gasteiger partial charge < -0.3 is 14.4 Å². The largest absolute Gasteiger partial charge is 0.465 e. The number of pyridine rings is 1. The molecule has 2 aromatic rings. The van der Waals surface area contributed by atoms with E-state index in [9.17, 15) is 4.79 Å². The molecule has 3 rings (SSSR count). The lowest BCUT2D eigenvalue weighted by Gasteiger charge is -2.26. The molecular weight excluding hydrogens is 270 g/mol. The lowest BCUT2D eigenvalue weighted by atomic mass is 10.2. The predicted octanol–water partition coefficient (Wildman–Crippen LogP) is 1.74. The summed E-state index contributed by atoms with van der Waals surface area (Å²) in [6.45, 7) is 3.56. The summed E-state index contributed by atoms with van der Waals surface area (Å²) in [7, 11) is 1.38. The van der Waals surface area contributed by atoms with Gasteiger partial charge in [-0.3, -0.25) is 0 Å². The van der Waals surface area contributed by atoms with E-state index in [1.807, 2.05) is 18.3 Å². The van der Waals surface area contributed by atoms with Gasteiger partial charge in [-0.05, 0) is 25.0 Å². The van der Waals surface area contributed by atoms with Crippen LogP contribution in [0.25, 0.3) is 5.52 Å². The van der Waals surface area contributed by atoms with E-state index in [1.54, 1.807) is 10.7 Å². The summed E-state index contributed by atoms with van der Waals surface area (Å²) in [5.74, 6) is -0.360. The Bertz CT molecular complexity index is 630.